The maximum atomic E-state index is 11.8. The molecule has 0 aliphatic heterocycles. The van der Waals surface area contributed by atoms with E-state index in [1.165, 1.54) is 0 Å². The molecule has 5 nitrogen and oxygen atoms in total. The molecule has 23 heavy (non-hydrogen) atoms. The van der Waals surface area contributed by atoms with Gasteiger partial charge in [-0.3, -0.25) is 4.79 Å². The zero-order valence-corrected chi connectivity index (χ0v) is 15.1. The Morgan fingerprint density at radius 2 is 2.00 bits per heavy atom. The van der Waals surface area contributed by atoms with E-state index in [1.807, 2.05) is 0 Å². The molecular formula is C18H35NO4. The maximum absolute atomic E-state index is 11.8. The summed E-state index contributed by atoms with van der Waals surface area (Å²) in [5.74, 6) is 0.0313. The van der Waals surface area contributed by atoms with Crippen molar-refractivity contribution in [3.8, 4) is 0 Å². The molecule has 0 aromatic heterocycles. The van der Waals surface area contributed by atoms with Gasteiger partial charge in [0.1, 0.15) is 0 Å². The molecule has 0 aromatic carbocycles. The zero-order chi connectivity index (χ0) is 17.1. The smallest absolute Gasteiger partial charge is 0.220 e. The standard InChI is InChI=1S/C18H35NO4/c1-4-5-6-7-18(21)19-15(13-20)10-11-22-16-8-9-17(12-16)23-14(2)3/h14-17,20H,4-13H2,1-3H3,(H,19,21)/t15?,16?,17-/m0/s1. The van der Waals surface area contributed by atoms with Crippen LogP contribution in [-0.4, -0.2) is 48.6 Å². The van der Waals surface area contributed by atoms with Gasteiger partial charge in [-0.15, -0.1) is 0 Å². The van der Waals surface area contributed by atoms with Gasteiger partial charge < -0.3 is 19.9 Å². The SMILES string of the molecule is CCCCCC(=O)NC(CO)CCOC1CC[C@H](OC(C)C)C1. The molecule has 0 aromatic rings. The van der Waals surface area contributed by atoms with E-state index < -0.39 is 0 Å². The molecule has 2 unspecified atom stereocenters. The van der Waals surface area contributed by atoms with Crippen molar-refractivity contribution in [3.63, 3.8) is 0 Å². The monoisotopic (exact) mass is 329 g/mol. The first kappa shape index (κ1) is 20.4. The highest BCUT2D eigenvalue weighted by molar-refractivity contribution is 5.76. The third kappa shape index (κ3) is 9.28. The second-order valence-corrected chi connectivity index (χ2v) is 6.81. The molecule has 0 spiro atoms. The number of carbonyl (C=O) groups excluding carboxylic acids is 1. The minimum atomic E-state index is -0.201. The van der Waals surface area contributed by atoms with Crippen LogP contribution in [0.3, 0.4) is 0 Å². The number of hydrogen-bond acceptors (Lipinski definition) is 4. The zero-order valence-electron chi connectivity index (χ0n) is 15.1. The molecule has 0 radical (unpaired) electrons. The second-order valence-electron chi connectivity index (χ2n) is 6.81. The summed E-state index contributed by atoms with van der Waals surface area (Å²) in [5, 5.41) is 12.3. The third-order valence-corrected chi connectivity index (χ3v) is 4.21. The van der Waals surface area contributed by atoms with Crippen molar-refractivity contribution in [1.82, 2.24) is 5.32 Å². The fourth-order valence-electron chi connectivity index (χ4n) is 2.98. The average Bonchev–Trinajstić information content (AvgIpc) is 2.93. The quantitative estimate of drug-likeness (QED) is 0.540. The highest BCUT2D eigenvalue weighted by Gasteiger charge is 2.26. The van der Waals surface area contributed by atoms with E-state index in [1.54, 1.807) is 0 Å². The van der Waals surface area contributed by atoms with Crippen molar-refractivity contribution in [1.29, 1.82) is 0 Å². The summed E-state index contributed by atoms with van der Waals surface area (Å²) in [6.07, 6.45) is 8.15. The maximum Gasteiger partial charge on any atom is 0.220 e. The highest BCUT2D eigenvalue weighted by atomic mass is 16.5. The van der Waals surface area contributed by atoms with Crippen molar-refractivity contribution in [3.05, 3.63) is 0 Å². The number of hydrogen-bond donors (Lipinski definition) is 2. The van der Waals surface area contributed by atoms with Gasteiger partial charge in [0.25, 0.3) is 0 Å². The summed E-state index contributed by atoms with van der Waals surface area (Å²) in [7, 11) is 0. The lowest BCUT2D eigenvalue weighted by Crippen LogP contribution is -2.38. The van der Waals surface area contributed by atoms with E-state index in [4.69, 9.17) is 9.47 Å². The van der Waals surface area contributed by atoms with Crippen molar-refractivity contribution < 1.29 is 19.4 Å². The van der Waals surface area contributed by atoms with Crippen molar-refractivity contribution in [2.45, 2.75) is 96.5 Å². The van der Waals surface area contributed by atoms with Crippen LogP contribution in [0.1, 0.15) is 72.1 Å². The van der Waals surface area contributed by atoms with Gasteiger partial charge in [0.05, 0.1) is 31.0 Å². The van der Waals surface area contributed by atoms with Crippen LogP contribution in [0, 0.1) is 0 Å². The van der Waals surface area contributed by atoms with Gasteiger partial charge in [-0.1, -0.05) is 19.8 Å². The Bertz CT molecular complexity index is 322. The molecule has 0 heterocycles. The minimum Gasteiger partial charge on any atom is -0.394 e. The van der Waals surface area contributed by atoms with E-state index in [9.17, 15) is 9.90 Å². The number of carbonyl (C=O) groups is 1. The molecule has 3 atom stereocenters. The number of unbranched alkanes of at least 4 members (excludes halogenated alkanes) is 2. The summed E-state index contributed by atoms with van der Waals surface area (Å²) < 4.78 is 11.7. The van der Waals surface area contributed by atoms with Gasteiger partial charge in [0.2, 0.25) is 5.91 Å². The van der Waals surface area contributed by atoms with E-state index in [-0.39, 0.29) is 30.8 Å². The topological polar surface area (TPSA) is 67.8 Å². The third-order valence-electron chi connectivity index (χ3n) is 4.21. The Kier molecular flexibility index (Phi) is 10.5. The average molecular weight is 329 g/mol. The largest absolute Gasteiger partial charge is 0.394 e. The van der Waals surface area contributed by atoms with Crippen LogP contribution in [0.2, 0.25) is 0 Å². The molecule has 0 saturated heterocycles. The number of aliphatic hydroxyl groups excluding tert-OH is 1. The number of amides is 1. The summed E-state index contributed by atoms with van der Waals surface area (Å²) in [6.45, 7) is 6.77. The Morgan fingerprint density at radius 1 is 1.26 bits per heavy atom. The first-order valence-corrected chi connectivity index (χ1v) is 9.22. The van der Waals surface area contributed by atoms with E-state index in [0.29, 0.717) is 25.6 Å². The van der Waals surface area contributed by atoms with Gasteiger partial charge in [-0.25, -0.2) is 0 Å². The fraction of sp³-hybridized carbons (Fsp3) is 0.944. The van der Waals surface area contributed by atoms with Crippen LogP contribution >= 0.6 is 0 Å². The van der Waals surface area contributed by atoms with Crippen LogP contribution < -0.4 is 5.32 Å². The van der Waals surface area contributed by atoms with Gasteiger partial charge in [0.15, 0.2) is 0 Å². The highest BCUT2D eigenvalue weighted by Crippen LogP contribution is 2.25. The molecule has 1 saturated carbocycles. The van der Waals surface area contributed by atoms with Gasteiger partial charge >= 0.3 is 0 Å². The van der Waals surface area contributed by atoms with Crippen LogP contribution in [0.4, 0.5) is 0 Å². The molecule has 1 fully saturated rings. The van der Waals surface area contributed by atoms with Crippen molar-refractivity contribution in [2.75, 3.05) is 13.2 Å². The molecular weight excluding hydrogens is 294 g/mol. The molecule has 136 valence electrons. The van der Waals surface area contributed by atoms with Crippen molar-refractivity contribution in [2.24, 2.45) is 0 Å². The predicted molar refractivity (Wildman–Crippen MR) is 91.4 cm³/mol. The molecule has 1 amide bonds. The van der Waals surface area contributed by atoms with E-state index in [2.05, 4.69) is 26.1 Å². The van der Waals surface area contributed by atoms with Gasteiger partial charge in [0, 0.05) is 13.0 Å². The van der Waals surface area contributed by atoms with E-state index >= 15 is 0 Å². The van der Waals surface area contributed by atoms with Crippen LogP contribution in [0.5, 0.6) is 0 Å². The number of aliphatic hydroxyl groups is 1. The molecule has 2 N–H and O–H groups in total. The lowest BCUT2D eigenvalue weighted by Gasteiger charge is -2.19. The predicted octanol–water partition coefficient (Wildman–Crippen LogP) is 2.80. The molecule has 5 heteroatoms. The Labute approximate surface area is 141 Å². The van der Waals surface area contributed by atoms with Crippen LogP contribution in [0.15, 0.2) is 0 Å². The van der Waals surface area contributed by atoms with Crippen LogP contribution in [0.25, 0.3) is 0 Å². The lowest BCUT2D eigenvalue weighted by atomic mass is 10.1. The number of rotatable bonds is 12. The summed E-state index contributed by atoms with van der Waals surface area (Å²) in [6, 6.07) is -0.201. The Morgan fingerprint density at radius 3 is 2.65 bits per heavy atom. The lowest BCUT2D eigenvalue weighted by molar-refractivity contribution is -0.122. The van der Waals surface area contributed by atoms with Crippen molar-refractivity contribution >= 4 is 5.91 Å². The Balaban J connectivity index is 2.14. The summed E-state index contributed by atoms with van der Waals surface area (Å²) in [5.41, 5.74) is 0. The molecule has 1 aliphatic rings. The molecule has 1 rings (SSSR count). The summed E-state index contributed by atoms with van der Waals surface area (Å²) in [4.78, 5) is 11.8. The summed E-state index contributed by atoms with van der Waals surface area (Å²) >= 11 is 0. The Hall–Kier alpha value is -0.650. The minimum absolute atomic E-state index is 0.0313. The normalized spacial score (nSPS) is 22.5. The number of ether oxygens (including phenoxy) is 2. The molecule has 1 aliphatic carbocycles. The molecule has 0 bridgehead atoms. The first-order valence-electron chi connectivity index (χ1n) is 9.22. The van der Waals surface area contributed by atoms with Gasteiger partial charge in [-0.2, -0.15) is 0 Å². The fourth-order valence-corrected chi connectivity index (χ4v) is 2.98. The van der Waals surface area contributed by atoms with E-state index in [0.717, 1.165) is 38.5 Å². The number of nitrogens with one attached hydrogen (secondary N) is 1. The first-order chi connectivity index (χ1) is 11.0. The second kappa shape index (κ2) is 11.8. The van der Waals surface area contributed by atoms with Crippen LogP contribution in [-0.2, 0) is 14.3 Å². The van der Waals surface area contributed by atoms with Gasteiger partial charge in [-0.05, 0) is 46.0 Å².